The number of hydrogen-bond donors (Lipinski definition) is 0. The smallest absolute Gasteiger partial charge is 0.0652 e. The maximum atomic E-state index is 4.72. The van der Waals surface area contributed by atoms with Gasteiger partial charge in [-0.1, -0.05) is 26.8 Å². The van der Waals surface area contributed by atoms with Crippen molar-refractivity contribution in [3.05, 3.63) is 30.2 Å². The summed E-state index contributed by atoms with van der Waals surface area (Å²) in [5.41, 5.74) is 2.56. The van der Waals surface area contributed by atoms with E-state index in [9.17, 15) is 0 Å². The van der Waals surface area contributed by atoms with Gasteiger partial charge in [0.25, 0.3) is 0 Å². The van der Waals surface area contributed by atoms with Gasteiger partial charge in [0.1, 0.15) is 0 Å². The zero-order chi connectivity index (χ0) is 16.7. The number of piperidine rings is 1. The molecule has 1 aromatic heterocycles. The van der Waals surface area contributed by atoms with Gasteiger partial charge < -0.3 is 9.80 Å². The first-order valence-corrected chi connectivity index (χ1v) is 9.29. The van der Waals surface area contributed by atoms with Crippen LogP contribution in [0.3, 0.4) is 0 Å². The number of nitrogens with zero attached hydrogens (tertiary/aromatic N) is 4. The van der Waals surface area contributed by atoms with Crippen molar-refractivity contribution in [1.82, 2.24) is 19.6 Å². The summed E-state index contributed by atoms with van der Waals surface area (Å²) in [4.78, 5) is 4.95. The van der Waals surface area contributed by atoms with E-state index >= 15 is 0 Å². The average molecular weight is 319 g/mol. The highest BCUT2D eigenvalue weighted by Crippen LogP contribution is 2.15. The van der Waals surface area contributed by atoms with Crippen LogP contribution in [-0.2, 0) is 13.0 Å². The van der Waals surface area contributed by atoms with Crippen LogP contribution < -0.4 is 0 Å². The van der Waals surface area contributed by atoms with Crippen LogP contribution in [0.4, 0.5) is 0 Å². The third-order valence-corrected chi connectivity index (χ3v) is 4.84. The zero-order valence-electron chi connectivity index (χ0n) is 15.3. The van der Waals surface area contributed by atoms with Gasteiger partial charge in [-0.05, 0) is 51.0 Å². The third kappa shape index (κ3) is 5.38. The van der Waals surface area contributed by atoms with Crippen molar-refractivity contribution in [2.45, 2.75) is 58.9 Å². The van der Waals surface area contributed by atoms with Crippen LogP contribution in [0.25, 0.3) is 0 Å². The van der Waals surface area contributed by atoms with Gasteiger partial charge in [-0.3, -0.25) is 4.68 Å². The lowest BCUT2D eigenvalue weighted by Crippen LogP contribution is -2.36. The molecule has 23 heavy (non-hydrogen) atoms. The van der Waals surface area contributed by atoms with E-state index < -0.39 is 0 Å². The minimum atomic E-state index is 0.496. The molecule has 2 heterocycles. The molecule has 1 aliphatic rings. The van der Waals surface area contributed by atoms with Crippen molar-refractivity contribution >= 4 is 0 Å². The summed E-state index contributed by atoms with van der Waals surface area (Å²) in [6, 6.07) is 2.28. The summed E-state index contributed by atoms with van der Waals surface area (Å²) in [6.45, 7) is 17.3. The Balaban J connectivity index is 1.83. The zero-order valence-corrected chi connectivity index (χ0v) is 15.3. The van der Waals surface area contributed by atoms with Crippen molar-refractivity contribution in [1.29, 1.82) is 0 Å². The van der Waals surface area contributed by atoms with Gasteiger partial charge in [-0.25, -0.2) is 0 Å². The molecule has 0 radical (unpaired) electrons. The quantitative estimate of drug-likeness (QED) is 0.696. The molecule has 0 aromatic carbocycles. The van der Waals surface area contributed by atoms with Gasteiger partial charge in [0.2, 0.25) is 0 Å². The summed E-state index contributed by atoms with van der Waals surface area (Å²) < 4.78 is 2.15. The number of rotatable bonds is 9. The van der Waals surface area contributed by atoms with E-state index in [4.69, 9.17) is 5.10 Å². The van der Waals surface area contributed by atoms with Crippen molar-refractivity contribution in [2.24, 2.45) is 0 Å². The molecule has 0 unspecified atom stereocenters. The minimum Gasteiger partial charge on any atom is -0.376 e. The fraction of sp³-hybridized carbons (Fsp3) is 0.737. The first kappa shape index (κ1) is 18.1. The molecule has 1 aliphatic heterocycles. The summed E-state index contributed by atoms with van der Waals surface area (Å²) in [7, 11) is 0. The van der Waals surface area contributed by atoms with Crippen LogP contribution in [0.1, 0.15) is 57.3 Å². The van der Waals surface area contributed by atoms with E-state index in [-0.39, 0.29) is 0 Å². The molecule has 0 aliphatic carbocycles. The molecule has 4 heteroatoms. The second-order valence-electron chi connectivity index (χ2n) is 6.90. The van der Waals surface area contributed by atoms with Crippen LogP contribution in [0.2, 0.25) is 0 Å². The lowest BCUT2D eigenvalue weighted by Gasteiger charge is -2.29. The fourth-order valence-electron chi connectivity index (χ4n) is 3.24. The highest BCUT2D eigenvalue weighted by atomic mass is 15.3. The molecule has 0 saturated carbocycles. The Morgan fingerprint density at radius 3 is 2.61 bits per heavy atom. The highest BCUT2D eigenvalue weighted by molar-refractivity contribution is 5.14. The van der Waals surface area contributed by atoms with E-state index in [1.54, 1.807) is 0 Å². The number of hydrogen-bond acceptors (Lipinski definition) is 3. The van der Waals surface area contributed by atoms with Gasteiger partial charge in [0, 0.05) is 38.3 Å². The van der Waals surface area contributed by atoms with E-state index in [2.05, 4.69) is 47.9 Å². The predicted octanol–water partition coefficient (Wildman–Crippen LogP) is 3.50. The lowest BCUT2D eigenvalue weighted by atomic mass is 10.1. The summed E-state index contributed by atoms with van der Waals surface area (Å²) >= 11 is 0. The maximum absolute atomic E-state index is 4.72. The molecular weight excluding hydrogens is 284 g/mol. The number of aryl methyl sites for hydroxylation is 1. The van der Waals surface area contributed by atoms with Crippen molar-refractivity contribution in [3.63, 3.8) is 0 Å². The molecule has 1 fully saturated rings. The molecule has 1 aromatic rings. The Morgan fingerprint density at radius 2 is 2.00 bits per heavy atom. The molecular formula is C19H34N4. The highest BCUT2D eigenvalue weighted by Gasteiger charge is 2.13. The van der Waals surface area contributed by atoms with E-state index in [0.717, 1.165) is 32.6 Å². The molecule has 2 rings (SSSR count). The van der Waals surface area contributed by atoms with E-state index in [1.807, 2.05) is 6.20 Å². The second kappa shape index (κ2) is 9.11. The fourth-order valence-corrected chi connectivity index (χ4v) is 3.24. The lowest BCUT2D eigenvalue weighted by molar-refractivity contribution is 0.204. The van der Waals surface area contributed by atoms with Crippen molar-refractivity contribution < 1.29 is 0 Å². The van der Waals surface area contributed by atoms with Gasteiger partial charge in [0.05, 0.1) is 5.69 Å². The standard InChI is InChI=1S/C19H34N4/c1-5-21(14-15-22-11-8-7-9-12-22)13-10-18-16-19(17(3)4)20-23(18)6-2/h5,16-17H,1,6-15H2,2-4H3. The van der Waals surface area contributed by atoms with Crippen LogP contribution in [0, 0.1) is 0 Å². The van der Waals surface area contributed by atoms with Crippen molar-refractivity contribution in [2.75, 3.05) is 32.7 Å². The normalized spacial score (nSPS) is 16.0. The predicted molar refractivity (Wildman–Crippen MR) is 97.8 cm³/mol. The van der Waals surface area contributed by atoms with Gasteiger partial charge in [0.15, 0.2) is 0 Å². The Hall–Kier alpha value is -1.29. The van der Waals surface area contributed by atoms with Crippen LogP contribution in [0.15, 0.2) is 18.8 Å². The summed E-state index contributed by atoms with van der Waals surface area (Å²) in [5, 5.41) is 4.72. The molecule has 0 bridgehead atoms. The average Bonchev–Trinajstić information content (AvgIpc) is 2.99. The van der Waals surface area contributed by atoms with E-state index in [1.165, 1.54) is 43.7 Å². The Morgan fingerprint density at radius 1 is 1.26 bits per heavy atom. The SMILES string of the molecule is C=CN(CCc1cc(C(C)C)nn1CC)CCN1CCCCC1. The van der Waals surface area contributed by atoms with Gasteiger partial charge in [-0.15, -0.1) is 0 Å². The molecule has 0 atom stereocenters. The second-order valence-corrected chi connectivity index (χ2v) is 6.90. The molecule has 4 nitrogen and oxygen atoms in total. The van der Waals surface area contributed by atoms with E-state index in [0.29, 0.717) is 5.92 Å². The summed E-state index contributed by atoms with van der Waals surface area (Å²) in [6.07, 6.45) is 7.17. The van der Waals surface area contributed by atoms with Crippen LogP contribution in [-0.4, -0.2) is 52.3 Å². The number of aromatic nitrogens is 2. The topological polar surface area (TPSA) is 24.3 Å². The Labute approximate surface area is 142 Å². The van der Waals surface area contributed by atoms with Gasteiger partial charge >= 0.3 is 0 Å². The molecule has 0 amide bonds. The third-order valence-electron chi connectivity index (χ3n) is 4.84. The molecule has 0 N–H and O–H groups in total. The van der Waals surface area contributed by atoms with Crippen LogP contribution in [0.5, 0.6) is 0 Å². The van der Waals surface area contributed by atoms with Crippen LogP contribution >= 0.6 is 0 Å². The first-order chi connectivity index (χ1) is 11.1. The molecule has 0 spiro atoms. The monoisotopic (exact) mass is 318 g/mol. The largest absolute Gasteiger partial charge is 0.376 e. The number of likely N-dealkylation sites (tertiary alicyclic amines) is 1. The molecule has 1 saturated heterocycles. The Bertz CT molecular complexity index is 472. The minimum absolute atomic E-state index is 0.496. The summed E-state index contributed by atoms with van der Waals surface area (Å²) in [5.74, 6) is 0.496. The Kier molecular flexibility index (Phi) is 7.15. The van der Waals surface area contributed by atoms with Gasteiger partial charge in [-0.2, -0.15) is 5.10 Å². The molecule has 130 valence electrons. The first-order valence-electron chi connectivity index (χ1n) is 9.29. The maximum Gasteiger partial charge on any atom is 0.0652 e. The van der Waals surface area contributed by atoms with Crippen molar-refractivity contribution in [3.8, 4) is 0 Å².